The predicted molar refractivity (Wildman–Crippen MR) is 87.9 cm³/mol. The van der Waals surface area contributed by atoms with Gasteiger partial charge in [-0.05, 0) is 31.0 Å². The third-order valence-corrected chi connectivity index (χ3v) is 3.64. The summed E-state index contributed by atoms with van der Waals surface area (Å²) < 4.78 is 9.94. The fraction of sp³-hybridized carbons (Fsp3) is 0.235. The molecular weight excluding hydrogens is 332 g/mol. The lowest BCUT2D eigenvalue weighted by Crippen LogP contribution is -2.13. The minimum atomic E-state index is -0.686. The number of nitriles is 1. The number of hydrogen-bond acceptors (Lipinski definition) is 5. The molecular formula is C17H15ClN2O4. The van der Waals surface area contributed by atoms with Gasteiger partial charge in [-0.25, -0.2) is 4.79 Å². The average Bonchev–Trinajstić information content (AvgIpc) is 2.88. The lowest BCUT2D eigenvalue weighted by atomic mass is 10.1. The first kappa shape index (κ1) is 17.6. The highest BCUT2D eigenvalue weighted by Gasteiger charge is 2.25. The number of rotatable bonds is 5. The van der Waals surface area contributed by atoms with E-state index in [-0.39, 0.29) is 35.1 Å². The Kier molecular flexibility index (Phi) is 5.61. The van der Waals surface area contributed by atoms with Gasteiger partial charge in [0.1, 0.15) is 23.0 Å². The zero-order chi connectivity index (χ0) is 17.7. The largest absolute Gasteiger partial charge is 0.465 e. The zero-order valence-electron chi connectivity index (χ0n) is 13.2. The number of anilines is 1. The van der Waals surface area contributed by atoms with E-state index in [1.165, 1.54) is 14.0 Å². The van der Waals surface area contributed by atoms with Gasteiger partial charge in [-0.3, -0.25) is 10.1 Å². The van der Waals surface area contributed by atoms with Crippen LogP contribution in [0.4, 0.5) is 5.88 Å². The number of aryl methyl sites for hydroxylation is 2. The molecule has 1 amide bonds. The number of ether oxygens (including phenoxy) is 1. The molecule has 6 nitrogen and oxygen atoms in total. The van der Waals surface area contributed by atoms with Crippen LogP contribution in [0.3, 0.4) is 0 Å². The number of hydrogen-bond donors (Lipinski definition) is 1. The zero-order valence-corrected chi connectivity index (χ0v) is 13.9. The smallest absolute Gasteiger partial charge is 0.342 e. The predicted octanol–water partition coefficient (Wildman–Crippen LogP) is 3.47. The highest BCUT2D eigenvalue weighted by molar-refractivity contribution is 6.30. The molecule has 1 aromatic heterocycles. The van der Waals surface area contributed by atoms with Crippen molar-refractivity contribution in [1.82, 2.24) is 0 Å². The van der Waals surface area contributed by atoms with Crippen molar-refractivity contribution in [1.29, 1.82) is 5.26 Å². The van der Waals surface area contributed by atoms with Crippen LogP contribution in [0.25, 0.3) is 0 Å². The molecule has 0 atom stereocenters. The molecule has 0 spiro atoms. The molecule has 2 rings (SSSR count). The molecule has 0 unspecified atom stereocenters. The van der Waals surface area contributed by atoms with Crippen LogP contribution in [0, 0.1) is 18.3 Å². The molecule has 0 bridgehead atoms. The van der Waals surface area contributed by atoms with Crippen molar-refractivity contribution >= 4 is 29.4 Å². The van der Waals surface area contributed by atoms with E-state index in [1.54, 1.807) is 12.1 Å². The molecule has 0 aliphatic rings. The first-order chi connectivity index (χ1) is 11.5. The molecule has 2 aromatic rings. The first-order valence-corrected chi connectivity index (χ1v) is 7.50. The monoisotopic (exact) mass is 346 g/mol. The second kappa shape index (κ2) is 7.66. The second-order valence-electron chi connectivity index (χ2n) is 5.02. The Bertz CT molecular complexity index is 803. The van der Waals surface area contributed by atoms with E-state index in [9.17, 15) is 14.9 Å². The summed E-state index contributed by atoms with van der Waals surface area (Å²) in [6.07, 6.45) is 0.703. The van der Waals surface area contributed by atoms with Gasteiger partial charge in [-0.15, -0.1) is 0 Å². The normalized spacial score (nSPS) is 10.1. The third kappa shape index (κ3) is 3.94. The van der Waals surface area contributed by atoms with Crippen LogP contribution in [0.5, 0.6) is 0 Å². The van der Waals surface area contributed by atoms with Gasteiger partial charge in [0.25, 0.3) is 0 Å². The molecule has 7 heteroatoms. The van der Waals surface area contributed by atoms with Crippen molar-refractivity contribution in [2.75, 3.05) is 12.4 Å². The van der Waals surface area contributed by atoms with E-state index in [1.807, 2.05) is 18.2 Å². The molecule has 1 aromatic carbocycles. The lowest BCUT2D eigenvalue weighted by Gasteiger charge is -2.03. The Balaban J connectivity index is 2.08. The van der Waals surface area contributed by atoms with Crippen LogP contribution >= 0.6 is 11.6 Å². The summed E-state index contributed by atoms with van der Waals surface area (Å²) in [5, 5.41) is 12.4. The van der Waals surface area contributed by atoms with Crippen molar-refractivity contribution in [3.63, 3.8) is 0 Å². The molecule has 0 saturated heterocycles. The van der Waals surface area contributed by atoms with Crippen molar-refractivity contribution in [2.24, 2.45) is 0 Å². The maximum Gasteiger partial charge on any atom is 0.342 e. The van der Waals surface area contributed by atoms with E-state index in [0.717, 1.165) is 5.56 Å². The standard InChI is InChI=1S/C17H15ClN2O4/c1-10-15(17(22)23-2)13(9-19)16(24-10)20-14(21)8-5-11-3-6-12(18)7-4-11/h3-4,6-7H,5,8H2,1-2H3,(H,20,21). The summed E-state index contributed by atoms with van der Waals surface area (Å²) in [7, 11) is 1.21. The molecule has 24 heavy (non-hydrogen) atoms. The van der Waals surface area contributed by atoms with E-state index in [2.05, 4.69) is 10.1 Å². The van der Waals surface area contributed by atoms with Gasteiger partial charge in [-0.2, -0.15) is 5.26 Å². The van der Waals surface area contributed by atoms with Gasteiger partial charge >= 0.3 is 5.97 Å². The van der Waals surface area contributed by atoms with Crippen LogP contribution in [0.15, 0.2) is 28.7 Å². The maximum atomic E-state index is 12.1. The van der Waals surface area contributed by atoms with E-state index in [4.69, 9.17) is 16.0 Å². The van der Waals surface area contributed by atoms with Crippen LogP contribution in [0.2, 0.25) is 5.02 Å². The number of nitrogens with zero attached hydrogens (tertiary/aromatic N) is 1. The van der Waals surface area contributed by atoms with Crippen molar-refractivity contribution < 1.29 is 18.7 Å². The summed E-state index contributed by atoms with van der Waals surface area (Å²) >= 11 is 5.81. The summed E-state index contributed by atoms with van der Waals surface area (Å²) in [5.74, 6) is -0.844. The summed E-state index contributed by atoms with van der Waals surface area (Å²) in [4.78, 5) is 23.8. The minimum Gasteiger partial charge on any atom is -0.465 e. The number of furan rings is 1. The molecule has 1 heterocycles. The van der Waals surface area contributed by atoms with E-state index < -0.39 is 5.97 Å². The highest BCUT2D eigenvalue weighted by atomic mass is 35.5. The molecule has 1 N–H and O–H groups in total. The molecule has 0 fully saturated rings. The number of halogens is 1. The van der Waals surface area contributed by atoms with Crippen LogP contribution in [-0.2, 0) is 16.0 Å². The summed E-state index contributed by atoms with van der Waals surface area (Å²) in [6, 6.07) is 9.04. The number of carbonyl (C=O) groups is 2. The Morgan fingerprint density at radius 1 is 1.33 bits per heavy atom. The number of benzene rings is 1. The Morgan fingerprint density at radius 2 is 2.00 bits per heavy atom. The Labute approximate surface area is 144 Å². The number of nitrogens with one attached hydrogen (secondary N) is 1. The van der Waals surface area contributed by atoms with Crippen LogP contribution in [0.1, 0.15) is 33.7 Å². The average molecular weight is 347 g/mol. The number of amides is 1. The minimum absolute atomic E-state index is 0.0213. The third-order valence-electron chi connectivity index (χ3n) is 3.39. The molecule has 124 valence electrons. The number of methoxy groups -OCH3 is 1. The SMILES string of the molecule is COC(=O)c1c(C)oc(NC(=O)CCc2ccc(Cl)cc2)c1C#N. The Hall–Kier alpha value is -2.78. The van der Waals surface area contributed by atoms with Crippen molar-refractivity contribution in [3.05, 3.63) is 51.7 Å². The van der Waals surface area contributed by atoms with Crippen LogP contribution < -0.4 is 5.32 Å². The quantitative estimate of drug-likeness (QED) is 0.837. The Morgan fingerprint density at radius 3 is 2.58 bits per heavy atom. The molecule has 0 aliphatic carbocycles. The van der Waals surface area contributed by atoms with Gasteiger partial charge < -0.3 is 9.15 Å². The maximum absolute atomic E-state index is 12.1. The fourth-order valence-corrected chi connectivity index (χ4v) is 2.31. The number of esters is 1. The fourth-order valence-electron chi connectivity index (χ4n) is 2.19. The van der Waals surface area contributed by atoms with E-state index >= 15 is 0 Å². The lowest BCUT2D eigenvalue weighted by molar-refractivity contribution is -0.116. The topological polar surface area (TPSA) is 92.3 Å². The summed E-state index contributed by atoms with van der Waals surface area (Å²) in [6.45, 7) is 1.52. The number of carbonyl (C=O) groups excluding carboxylic acids is 2. The van der Waals surface area contributed by atoms with Crippen molar-refractivity contribution in [3.8, 4) is 6.07 Å². The van der Waals surface area contributed by atoms with Crippen LogP contribution in [-0.4, -0.2) is 19.0 Å². The van der Waals surface area contributed by atoms with Gasteiger partial charge in [0, 0.05) is 11.4 Å². The van der Waals surface area contributed by atoms with Gasteiger partial charge in [0.2, 0.25) is 11.8 Å². The van der Waals surface area contributed by atoms with Gasteiger partial charge in [-0.1, -0.05) is 23.7 Å². The van der Waals surface area contributed by atoms with Gasteiger partial charge in [0.15, 0.2) is 0 Å². The molecule has 0 saturated carbocycles. The molecule has 0 aliphatic heterocycles. The highest BCUT2D eigenvalue weighted by Crippen LogP contribution is 2.27. The van der Waals surface area contributed by atoms with Gasteiger partial charge in [0.05, 0.1) is 7.11 Å². The first-order valence-electron chi connectivity index (χ1n) is 7.12. The van der Waals surface area contributed by atoms with E-state index in [0.29, 0.717) is 11.4 Å². The van der Waals surface area contributed by atoms with Crippen molar-refractivity contribution in [2.45, 2.75) is 19.8 Å². The summed E-state index contributed by atoms with van der Waals surface area (Å²) in [5.41, 5.74) is 0.938. The molecule has 0 radical (unpaired) electrons. The second-order valence-corrected chi connectivity index (χ2v) is 5.45.